The summed E-state index contributed by atoms with van der Waals surface area (Å²) in [5.41, 5.74) is 0.988. The van der Waals surface area contributed by atoms with Crippen molar-refractivity contribution in [2.24, 2.45) is 5.10 Å². The van der Waals surface area contributed by atoms with E-state index in [-0.39, 0.29) is 11.3 Å². The van der Waals surface area contributed by atoms with Crippen molar-refractivity contribution in [1.29, 1.82) is 0 Å². The standard InChI is InChI=1S/C19H18BrN3O2/c1-2-3-8-18-22-16-10-9-14(20)11-15(16)19(25)23(18)21-12-13-6-4-5-7-17(13)24/h4-7,9-12,24H,2-3,8H2,1H3. The van der Waals surface area contributed by atoms with Gasteiger partial charge in [0.15, 0.2) is 0 Å². The summed E-state index contributed by atoms with van der Waals surface area (Å²) in [7, 11) is 0. The van der Waals surface area contributed by atoms with E-state index in [2.05, 4.69) is 32.9 Å². The summed E-state index contributed by atoms with van der Waals surface area (Å²) < 4.78 is 2.15. The van der Waals surface area contributed by atoms with Crippen LogP contribution in [0.3, 0.4) is 0 Å². The Morgan fingerprint density at radius 3 is 2.84 bits per heavy atom. The molecule has 0 atom stereocenters. The van der Waals surface area contributed by atoms with Crippen molar-refractivity contribution in [1.82, 2.24) is 9.66 Å². The summed E-state index contributed by atoms with van der Waals surface area (Å²) >= 11 is 3.39. The van der Waals surface area contributed by atoms with Crippen molar-refractivity contribution in [2.75, 3.05) is 0 Å². The first-order valence-corrected chi connectivity index (χ1v) is 8.93. The van der Waals surface area contributed by atoms with Gasteiger partial charge in [-0.15, -0.1) is 0 Å². The molecule has 0 unspecified atom stereocenters. The molecule has 0 aliphatic carbocycles. The zero-order chi connectivity index (χ0) is 17.8. The fourth-order valence-electron chi connectivity index (χ4n) is 2.53. The molecule has 0 fully saturated rings. The third-order valence-electron chi connectivity index (χ3n) is 3.88. The van der Waals surface area contributed by atoms with E-state index in [0.29, 0.717) is 28.7 Å². The summed E-state index contributed by atoms with van der Waals surface area (Å²) in [6.45, 7) is 2.09. The number of para-hydroxylation sites is 1. The minimum Gasteiger partial charge on any atom is -0.507 e. The highest BCUT2D eigenvalue weighted by atomic mass is 79.9. The summed E-state index contributed by atoms with van der Waals surface area (Å²) in [4.78, 5) is 17.5. The van der Waals surface area contributed by atoms with Gasteiger partial charge in [-0.1, -0.05) is 41.4 Å². The summed E-state index contributed by atoms with van der Waals surface area (Å²) in [5, 5.41) is 14.7. The number of phenols is 1. The molecule has 128 valence electrons. The Morgan fingerprint density at radius 1 is 1.28 bits per heavy atom. The zero-order valence-corrected chi connectivity index (χ0v) is 15.4. The Hall–Kier alpha value is -2.47. The molecule has 25 heavy (non-hydrogen) atoms. The van der Waals surface area contributed by atoms with Gasteiger partial charge in [-0.2, -0.15) is 9.78 Å². The molecule has 0 aliphatic rings. The van der Waals surface area contributed by atoms with Crippen molar-refractivity contribution in [2.45, 2.75) is 26.2 Å². The molecule has 5 nitrogen and oxygen atoms in total. The Balaban J connectivity index is 2.15. The van der Waals surface area contributed by atoms with E-state index in [9.17, 15) is 9.90 Å². The molecule has 0 spiro atoms. The van der Waals surface area contributed by atoms with Gasteiger partial charge < -0.3 is 5.11 Å². The van der Waals surface area contributed by atoms with Crippen molar-refractivity contribution in [3.8, 4) is 5.75 Å². The first-order chi connectivity index (χ1) is 12.1. The van der Waals surface area contributed by atoms with Crippen LogP contribution in [0.15, 0.2) is 56.8 Å². The van der Waals surface area contributed by atoms with Crippen molar-refractivity contribution in [3.05, 3.63) is 68.7 Å². The number of aromatic nitrogens is 2. The van der Waals surface area contributed by atoms with E-state index >= 15 is 0 Å². The largest absolute Gasteiger partial charge is 0.507 e. The average molecular weight is 400 g/mol. The number of unbranched alkanes of at least 4 members (excludes halogenated alkanes) is 1. The minimum atomic E-state index is -0.218. The highest BCUT2D eigenvalue weighted by Crippen LogP contribution is 2.17. The van der Waals surface area contributed by atoms with Crippen LogP contribution in [0.5, 0.6) is 5.75 Å². The van der Waals surface area contributed by atoms with Crippen LogP contribution in [0.25, 0.3) is 10.9 Å². The second-order valence-electron chi connectivity index (χ2n) is 5.71. The van der Waals surface area contributed by atoms with Gasteiger partial charge in [0.25, 0.3) is 5.56 Å². The Bertz CT molecular complexity index is 996. The number of benzene rings is 2. The van der Waals surface area contributed by atoms with Crippen molar-refractivity contribution in [3.63, 3.8) is 0 Å². The van der Waals surface area contributed by atoms with E-state index in [1.54, 1.807) is 30.3 Å². The quantitative estimate of drug-likeness (QED) is 0.656. The zero-order valence-electron chi connectivity index (χ0n) is 13.8. The number of hydrogen-bond acceptors (Lipinski definition) is 4. The van der Waals surface area contributed by atoms with Crippen LogP contribution in [-0.2, 0) is 6.42 Å². The van der Waals surface area contributed by atoms with Crippen LogP contribution in [0.2, 0.25) is 0 Å². The molecule has 0 saturated heterocycles. The summed E-state index contributed by atoms with van der Waals surface area (Å²) in [5.74, 6) is 0.735. The lowest BCUT2D eigenvalue weighted by Gasteiger charge is -2.09. The number of hydrogen-bond donors (Lipinski definition) is 1. The second kappa shape index (κ2) is 7.61. The van der Waals surface area contributed by atoms with Gasteiger partial charge in [0.2, 0.25) is 0 Å². The van der Waals surface area contributed by atoms with Crippen molar-refractivity contribution >= 4 is 33.0 Å². The lowest BCUT2D eigenvalue weighted by molar-refractivity contribution is 0.474. The Kier molecular flexibility index (Phi) is 5.28. The molecule has 1 aromatic heterocycles. The number of aryl methyl sites for hydroxylation is 1. The molecule has 0 radical (unpaired) electrons. The second-order valence-corrected chi connectivity index (χ2v) is 6.63. The molecular weight excluding hydrogens is 382 g/mol. The van der Waals surface area contributed by atoms with E-state index in [4.69, 9.17) is 0 Å². The van der Waals surface area contributed by atoms with E-state index in [1.165, 1.54) is 10.9 Å². The van der Waals surface area contributed by atoms with Gasteiger partial charge in [0.05, 0.1) is 17.1 Å². The molecule has 0 amide bonds. The fourth-order valence-corrected chi connectivity index (χ4v) is 2.89. The van der Waals surface area contributed by atoms with Gasteiger partial charge in [-0.05, 0) is 36.8 Å². The fraction of sp³-hybridized carbons (Fsp3) is 0.211. The number of halogens is 1. The lowest BCUT2D eigenvalue weighted by Crippen LogP contribution is -2.22. The molecule has 3 aromatic rings. The van der Waals surface area contributed by atoms with Crippen LogP contribution >= 0.6 is 15.9 Å². The third kappa shape index (κ3) is 3.79. The van der Waals surface area contributed by atoms with Gasteiger partial charge in [-0.25, -0.2) is 4.98 Å². The maximum absolute atomic E-state index is 12.9. The molecule has 2 aromatic carbocycles. The molecule has 6 heteroatoms. The summed E-state index contributed by atoms with van der Waals surface area (Å²) in [6, 6.07) is 12.3. The van der Waals surface area contributed by atoms with E-state index in [1.807, 2.05) is 12.1 Å². The van der Waals surface area contributed by atoms with Gasteiger partial charge >= 0.3 is 0 Å². The van der Waals surface area contributed by atoms with Crippen LogP contribution in [0.4, 0.5) is 0 Å². The van der Waals surface area contributed by atoms with Crippen LogP contribution in [-0.4, -0.2) is 21.0 Å². The molecule has 1 N–H and O–H groups in total. The third-order valence-corrected chi connectivity index (χ3v) is 4.37. The molecular formula is C19H18BrN3O2. The van der Waals surface area contributed by atoms with Gasteiger partial charge in [0, 0.05) is 16.5 Å². The number of fused-ring (bicyclic) bond motifs is 1. The lowest BCUT2D eigenvalue weighted by atomic mass is 10.2. The topological polar surface area (TPSA) is 67.5 Å². The van der Waals surface area contributed by atoms with Gasteiger partial charge in [-0.3, -0.25) is 4.79 Å². The maximum Gasteiger partial charge on any atom is 0.282 e. The van der Waals surface area contributed by atoms with Crippen LogP contribution in [0, 0.1) is 0 Å². The molecule has 3 rings (SSSR count). The predicted molar refractivity (Wildman–Crippen MR) is 103 cm³/mol. The first-order valence-electron chi connectivity index (χ1n) is 8.13. The van der Waals surface area contributed by atoms with Crippen LogP contribution < -0.4 is 5.56 Å². The van der Waals surface area contributed by atoms with Crippen LogP contribution in [0.1, 0.15) is 31.2 Å². The minimum absolute atomic E-state index is 0.117. The van der Waals surface area contributed by atoms with Gasteiger partial charge in [0.1, 0.15) is 11.6 Å². The maximum atomic E-state index is 12.9. The average Bonchev–Trinajstić information content (AvgIpc) is 2.61. The Labute approximate surface area is 153 Å². The molecule has 0 aliphatic heterocycles. The summed E-state index contributed by atoms with van der Waals surface area (Å²) in [6.07, 6.45) is 4.06. The first kappa shape index (κ1) is 17.4. The smallest absolute Gasteiger partial charge is 0.282 e. The normalized spacial score (nSPS) is 11.4. The molecule has 0 saturated carbocycles. The van der Waals surface area contributed by atoms with E-state index in [0.717, 1.165) is 17.3 Å². The monoisotopic (exact) mass is 399 g/mol. The SMILES string of the molecule is CCCCc1nc2ccc(Br)cc2c(=O)n1N=Cc1ccccc1O. The van der Waals surface area contributed by atoms with Crippen molar-refractivity contribution < 1.29 is 5.11 Å². The number of phenolic OH excluding ortho intramolecular Hbond substituents is 1. The molecule has 1 heterocycles. The highest BCUT2D eigenvalue weighted by molar-refractivity contribution is 9.10. The number of rotatable bonds is 5. The predicted octanol–water partition coefficient (Wildman–Crippen LogP) is 4.09. The number of aromatic hydroxyl groups is 1. The highest BCUT2D eigenvalue weighted by Gasteiger charge is 2.11. The Morgan fingerprint density at radius 2 is 2.08 bits per heavy atom. The molecule has 0 bridgehead atoms. The van der Waals surface area contributed by atoms with E-state index < -0.39 is 0 Å². The number of nitrogens with zero attached hydrogens (tertiary/aromatic N) is 3.